The normalized spacial score (nSPS) is 7.70. The molecule has 0 aliphatic heterocycles. The number of hydrogen-bond donors (Lipinski definition) is 1. The number of aryl methyl sites for hydroxylation is 1. The summed E-state index contributed by atoms with van der Waals surface area (Å²) in [4.78, 5) is 12.1. The molecule has 0 amide bonds. The highest BCUT2D eigenvalue weighted by Crippen LogP contribution is 1.73. The van der Waals surface area contributed by atoms with Crippen LogP contribution in [0, 0.1) is 10.1 Å². The SMILES string of the molecule is Cn1ccnc1.O=[N+]([O-])O. The maximum absolute atomic E-state index is 8.36. The lowest BCUT2D eigenvalue weighted by atomic mass is 10.9. The van der Waals surface area contributed by atoms with E-state index in [4.69, 9.17) is 15.3 Å². The van der Waals surface area contributed by atoms with Crippen LogP contribution in [0.5, 0.6) is 0 Å². The average molecular weight is 145 g/mol. The van der Waals surface area contributed by atoms with E-state index in [1.165, 1.54) is 0 Å². The fraction of sp³-hybridized carbons (Fsp3) is 0.250. The maximum atomic E-state index is 8.36. The zero-order chi connectivity index (χ0) is 7.98. The van der Waals surface area contributed by atoms with Crippen LogP contribution in [0.15, 0.2) is 18.7 Å². The zero-order valence-electron chi connectivity index (χ0n) is 5.34. The van der Waals surface area contributed by atoms with E-state index >= 15 is 0 Å². The minimum Gasteiger partial charge on any atom is -0.341 e. The molecule has 0 bridgehead atoms. The first-order valence-corrected chi connectivity index (χ1v) is 2.38. The van der Waals surface area contributed by atoms with Gasteiger partial charge in [0.25, 0.3) is 5.09 Å². The molecule has 0 fully saturated rings. The van der Waals surface area contributed by atoms with Crippen molar-refractivity contribution in [3.8, 4) is 0 Å². The highest BCUT2D eigenvalue weighted by Gasteiger charge is 1.69. The van der Waals surface area contributed by atoms with Crippen molar-refractivity contribution >= 4 is 0 Å². The van der Waals surface area contributed by atoms with Gasteiger partial charge in [-0.3, -0.25) is 0 Å². The molecule has 1 aromatic rings. The summed E-state index contributed by atoms with van der Waals surface area (Å²) in [6.45, 7) is 0. The summed E-state index contributed by atoms with van der Waals surface area (Å²) in [7, 11) is 1.94. The number of hydrogen-bond acceptors (Lipinski definition) is 3. The second-order valence-electron chi connectivity index (χ2n) is 1.47. The lowest BCUT2D eigenvalue weighted by Crippen LogP contribution is -1.81. The summed E-state index contributed by atoms with van der Waals surface area (Å²) in [5.41, 5.74) is 0. The number of aromatic nitrogens is 2. The van der Waals surface area contributed by atoms with Crippen LogP contribution in [-0.2, 0) is 7.05 Å². The minimum absolute atomic E-state index is 1.50. The summed E-state index contributed by atoms with van der Waals surface area (Å²) in [5.74, 6) is 0. The van der Waals surface area contributed by atoms with Crippen molar-refractivity contribution in [1.82, 2.24) is 9.55 Å². The van der Waals surface area contributed by atoms with E-state index in [1.807, 2.05) is 17.8 Å². The van der Waals surface area contributed by atoms with Crippen molar-refractivity contribution in [2.45, 2.75) is 0 Å². The molecule has 1 heterocycles. The van der Waals surface area contributed by atoms with Gasteiger partial charge in [0.1, 0.15) is 0 Å². The predicted molar refractivity (Wildman–Crippen MR) is 32.0 cm³/mol. The third kappa shape index (κ3) is 6.41. The second kappa shape index (κ2) is 4.30. The summed E-state index contributed by atoms with van der Waals surface area (Å²) in [5, 5.41) is 13.6. The smallest absolute Gasteiger partial charge is 0.291 e. The van der Waals surface area contributed by atoms with Crippen LogP contribution in [0.1, 0.15) is 0 Å². The van der Waals surface area contributed by atoms with Gasteiger partial charge in [-0.05, 0) is 0 Å². The van der Waals surface area contributed by atoms with E-state index in [2.05, 4.69) is 4.98 Å². The zero-order valence-corrected chi connectivity index (χ0v) is 5.34. The summed E-state index contributed by atoms with van der Waals surface area (Å²) < 4.78 is 1.89. The molecule has 6 heteroatoms. The lowest BCUT2D eigenvalue weighted by molar-refractivity contribution is -0.742. The largest absolute Gasteiger partial charge is 0.341 e. The van der Waals surface area contributed by atoms with Crippen LogP contribution in [0.4, 0.5) is 0 Å². The molecule has 0 saturated carbocycles. The van der Waals surface area contributed by atoms with Crippen molar-refractivity contribution in [2.75, 3.05) is 0 Å². The fourth-order valence-corrected chi connectivity index (χ4v) is 0.326. The molecular formula is C4H7N3O3. The van der Waals surface area contributed by atoms with E-state index in [0.717, 1.165) is 0 Å². The molecule has 10 heavy (non-hydrogen) atoms. The first-order chi connectivity index (χ1) is 4.63. The molecule has 6 nitrogen and oxygen atoms in total. The molecule has 0 atom stereocenters. The van der Waals surface area contributed by atoms with E-state index in [1.54, 1.807) is 12.5 Å². The molecule has 1 aromatic heterocycles. The van der Waals surface area contributed by atoms with E-state index in [9.17, 15) is 0 Å². The Morgan fingerprint density at radius 1 is 1.80 bits per heavy atom. The Morgan fingerprint density at radius 3 is 2.40 bits per heavy atom. The van der Waals surface area contributed by atoms with Gasteiger partial charge in [-0.15, -0.1) is 10.1 Å². The van der Waals surface area contributed by atoms with Gasteiger partial charge >= 0.3 is 0 Å². The predicted octanol–water partition coefficient (Wildman–Crippen LogP) is 0.0724. The summed E-state index contributed by atoms with van der Waals surface area (Å²) in [6.07, 6.45) is 5.39. The Kier molecular flexibility index (Phi) is 3.62. The molecule has 0 unspecified atom stereocenters. The highest BCUT2D eigenvalue weighted by molar-refractivity contribution is 4.70. The van der Waals surface area contributed by atoms with Crippen LogP contribution in [0.3, 0.4) is 0 Å². The molecule has 1 rings (SSSR count). The molecule has 0 saturated heterocycles. The summed E-state index contributed by atoms with van der Waals surface area (Å²) in [6, 6.07) is 0. The highest BCUT2D eigenvalue weighted by atomic mass is 16.9. The van der Waals surface area contributed by atoms with Crippen LogP contribution in [0.2, 0.25) is 0 Å². The van der Waals surface area contributed by atoms with Crippen LogP contribution in [0.25, 0.3) is 0 Å². The van der Waals surface area contributed by atoms with Gasteiger partial charge < -0.3 is 9.77 Å². The third-order valence-electron chi connectivity index (χ3n) is 0.637. The molecule has 0 aromatic carbocycles. The Hall–Kier alpha value is -1.59. The van der Waals surface area contributed by atoms with Crippen LogP contribution >= 0.6 is 0 Å². The molecular weight excluding hydrogens is 138 g/mol. The molecule has 0 aliphatic rings. The van der Waals surface area contributed by atoms with Crippen LogP contribution < -0.4 is 0 Å². The average Bonchev–Trinajstić information content (AvgIpc) is 2.15. The summed E-state index contributed by atoms with van der Waals surface area (Å²) >= 11 is 0. The standard InChI is InChI=1S/C4H6N2.HNO3/c1-6-3-2-5-4-6;2-1(3)4/h2-4H,1H3;(H,2,3,4). The lowest BCUT2D eigenvalue weighted by Gasteiger charge is -1.76. The third-order valence-corrected chi connectivity index (χ3v) is 0.637. The van der Waals surface area contributed by atoms with E-state index < -0.39 is 5.09 Å². The van der Waals surface area contributed by atoms with Crippen molar-refractivity contribution in [1.29, 1.82) is 0 Å². The number of nitrogens with zero attached hydrogens (tertiary/aromatic N) is 3. The number of imidazole rings is 1. The van der Waals surface area contributed by atoms with Crippen molar-refractivity contribution < 1.29 is 10.3 Å². The molecule has 0 spiro atoms. The second-order valence-corrected chi connectivity index (χ2v) is 1.47. The first-order valence-electron chi connectivity index (χ1n) is 2.38. The topological polar surface area (TPSA) is 81.2 Å². The molecule has 1 N–H and O–H groups in total. The Balaban J connectivity index is 0.000000180. The van der Waals surface area contributed by atoms with Gasteiger partial charge in [-0.25, -0.2) is 4.98 Å². The van der Waals surface area contributed by atoms with Crippen molar-refractivity contribution in [3.63, 3.8) is 0 Å². The monoisotopic (exact) mass is 145 g/mol. The maximum Gasteiger partial charge on any atom is 0.291 e. The van der Waals surface area contributed by atoms with Crippen molar-refractivity contribution in [3.05, 3.63) is 28.8 Å². The van der Waals surface area contributed by atoms with Gasteiger partial charge in [0.15, 0.2) is 0 Å². The van der Waals surface area contributed by atoms with E-state index in [-0.39, 0.29) is 0 Å². The van der Waals surface area contributed by atoms with Gasteiger partial charge in [-0.2, -0.15) is 0 Å². The first kappa shape index (κ1) is 8.41. The fourth-order valence-electron chi connectivity index (χ4n) is 0.326. The number of rotatable bonds is 0. The van der Waals surface area contributed by atoms with Crippen molar-refractivity contribution in [2.24, 2.45) is 7.05 Å². The molecule has 0 radical (unpaired) electrons. The Bertz CT molecular complexity index is 180. The van der Waals surface area contributed by atoms with E-state index in [0.29, 0.717) is 0 Å². The van der Waals surface area contributed by atoms with Crippen LogP contribution in [-0.4, -0.2) is 19.8 Å². The molecule has 56 valence electrons. The van der Waals surface area contributed by atoms with Gasteiger partial charge in [0.2, 0.25) is 0 Å². The minimum atomic E-state index is -1.50. The quantitative estimate of drug-likeness (QED) is 0.413. The van der Waals surface area contributed by atoms with Gasteiger partial charge in [0.05, 0.1) is 6.33 Å². The van der Waals surface area contributed by atoms with Gasteiger partial charge in [0, 0.05) is 19.4 Å². The molecule has 0 aliphatic carbocycles. The Morgan fingerprint density at radius 2 is 2.30 bits per heavy atom. The van der Waals surface area contributed by atoms with Gasteiger partial charge in [-0.1, -0.05) is 0 Å². The Labute approximate surface area is 56.8 Å².